The molecule has 12 heteroatoms. The fourth-order valence-electron chi connectivity index (χ4n) is 4.31. The van der Waals surface area contributed by atoms with Gasteiger partial charge in [-0.25, -0.2) is 18.2 Å². The third-order valence-electron chi connectivity index (χ3n) is 6.18. The molecule has 192 valence electrons. The van der Waals surface area contributed by atoms with Crippen LogP contribution in [0.5, 0.6) is 0 Å². The van der Waals surface area contributed by atoms with Crippen molar-refractivity contribution in [1.82, 2.24) is 14.9 Å². The van der Waals surface area contributed by atoms with Crippen LogP contribution in [0.2, 0.25) is 0 Å². The number of carbonyl (C=O) groups excluding carboxylic acids is 1. The van der Waals surface area contributed by atoms with E-state index in [2.05, 4.69) is 4.98 Å². The third kappa shape index (κ3) is 4.76. The van der Waals surface area contributed by atoms with Crippen LogP contribution < -0.4 is 15.6 Å². The van der Waals surface area contributed by atoms with Crippen LogP contribution in [-0.4, -0.2) is 46.4 Å². The van der Waals surface area contributed by atoms with Gasteiger partial charge < -0.3 is 10.2 Å². The number of nitrogens with one attached hydrogen (secondary N) is 1. The van der Waals surface area contributed by atoms with E-state index in [1.54, 1.807) is 17.1 Å². The van der Waals surface area contributed by atoms with E-state index in [-0.39, 0.29) is 41.5 Å². The molecule has 4 rings (SSSR count). The van der Waals surface area contributed by atoms with Crippen molar-refractivity contribution in [3.05, 3.63) is 63.9 Å². The Morgan fingerprint density at radius 2 is 1.94 bits per heavy atom. The van der Waals surface area contributed by atoms with Crippen molar-refractivity contribution in [2.45, 2.75) is 51.1 Å². The molecular formula is C24H22F6N4O2. The van der Waals surface area contributed by atoms with Crippen LogP contribution in [-0.2, 0) is 0 Å². The second-order valence-electron chi connectivity index (χ2n) is 8.69. The first-order chi connectivity index (χ1) is 16.9. The summed E-state index contributed by atoms with van der Waals surface area (Å²) in [7, 11) is 0. The standard InChI is InChI=1S/C24H22F6N4O2/c1-3-19(24(28,29)30)31-23(36)16-11-34(18-6-4-13(25)9-17(18)27)22-15(21(16)35)5-7-20(32-22)33-10-14(26)8-12(33)2/h4-7,9,11-12,14,19H,3,8,10H2,1-2H3,(H,31,36)/t12?,14?,19-/m1/s1. The molecule has 1 aliphatic rings. The monoisotopic (exact) mass is 512 g/mol. The van der Waals surface area contributed by atoms with Crippen LogP contribution in [0.4, 0.5) is 32.2 Å². The smallest absolute Gasteiger partial charge is 0.351 e. The van der Waals surface area contributed by atoms with E-state index in [0.29, 0.717) is 6.07 Å². The van der Waals surface area contributed by atoms with Crippen molar-refractivity contribution >= 4 is 22.8 Å². The van der Waals surface area contributed by atoms with Gasteiger partial charge in [0.15, 0.2) is 5.65 Å². The molecule has 0 saturated carbocycles. The minimum absolute atomic E-state index is 0.0468. The number of amides is 1. The summed E-state index contributed by atoms with van der Waals surface area (Å²) >= 11 is 0. The van der Waals surface area contributed by atoms with Gasteiger partial charge in [-0.2, -0.15) is 13.2 Å². The van der Waals surface area contributed by atoms with Gasteiger partial charge in [0, 0.05) is 24.7 Å². The van der Waals surface area contributed by atoms with Crippen molar-refractivity contribution in [2.75, 3.05) is 11.4 Å². The Labute approximate surface area is 201 Å². The van der Waals surface area contributed by atoms with Gasteiger partial charge in [0.25, 0.3) is 5.91 Å². The highest BCUT2D eigenvalue weighted by atomic mass is 19.4. The molecule has 3 heterocycles. The van der Waals surface area contributed by atoms with E-state index in [9.17, 15) is 35.9 Å². The zero-order valence-corrected chi connectivity index (χ0v) is 19.2. The summed E-state index contributed by atoms with van der Waals surface area (Å²) in [5.74, 6) is -2.96. The summed E-state index contributed by atoms with van der Waals surface area (Å²) in [6, 6.07) is 2.87. The molecule has 0 radical (unpaired) electrons. The highest BCUT2D eigenvalue weighted by molar-refractivity contribution is 5.97. The number of carbonyl (C=O) groups is 1. The number of alkyl halides is 4. The first-order valence-corrected chi connectivity index (χ1v) is 11.2. The van der Waals surface area contributed by atoms with Gasteiger partial charge in [0.1, 0.15) is 35.2 Å². The van der Waals surface area contributed by atoms with Crippen molar-refractivity contribution in [1.29, 1.82) is 0 Å². The van der Waals surface area contributed by atoms with Gasteiger partial charge in [-0.1, -0.05) is 6.92 Å². The fraction of sp³-hybridized carbons (Fsp3) is 0.375. The topological polar surface area (TPSA) is 67.2 Å². The minimum Gasteiger partial charge on any atom is -0.351 e. The van der Waals surface area contributed by atoms with E-state index >= 15 is 0 Å². The van der Waals surface area contributed by atoms with Crippen molar-refractivity contribution in [2.24, 2.45) is 0 Å². The molecule has 0 aliphatic carbocycles. The van der Waals surface area contributed by atoms with Gasteiger partial charge in [-0.05, 0) is 37.6 Å². The first kappa shape index (κ1) is 25.5. The highest BCUT2D eigenvalue weighted by Gasteiger charge is 2.40. The number of halogens is 6. The Kier molecular flexibility index (Phi) is 6.72. The number of aromatic nitrogens is 2. The third-order valence-corrected chi connectivity index (χ3v) is 6.18. The summed E-state index contributed by atoms with van der Waals surface area (Å²) < 4.78 is 82.9. The Morgan fingerprint density at radius 1 is 1.22 bits per heavy atom. The number of pyridine rings is 2. The number of benzene rings is 1. The van der Waals surface area contributed by atoms with Gasteiger partial charge in [-0.15, -0.1) is 0 Å². The molecule has 1 saturated heterocycles. The number of rotatable bonds is 5. The normalized spacial score (nSPS) is 19.1. The molecule has 36 heavy (non-hydrogen) atoms. The van der Waals surface area contributed by atoms with E-state index in [4.69, 9.17) is 0 Å². The van der Waals surface area contributed by atoms with Gasteiger partial charge in [0.2, 0.25) is 5.43 Å². The number of nitrogens with zero attached hydrogens (tertiary/aromatic N) is 3. The van der Waals surface area contributed by atoms with Crippen LogP contribution in [0, 0.1) is 11.6 Å². The Hall–Kier alpha value is -3.57. The predicted octanol–water partition coefficient (Wildman–Crippen LogP) is 4.67. The number of fused-ring (bicyclic) bond motifs is 1. The summed E-state index contributed by atoms with van der Waals surface area (Å²) in [5.41, 5.74) is -2.02. The first-order valence-electron chi connectivity index (χ1n) is 11.2. The molecule has 1 fully saturated rings. The van der Waals surface area contributed by atoms with Crippen molar-refractivity contribution in [3.8, 4) is 5.69 Å². The van der Waals surface area contributed by atoms with Gasteiger partial charge in [0.05, 0.1) is 17.6 Å². The minimum atomic E-state index is -4.75. The highest BCUT2D eigenvalue weighted by Crippen LogP contribution is 2.28. The second kappa shape index (κ2) is 9.47. The summed E-state index contributed by atoms with van der Waals surface area (Å²) in [5, 5.41) is 1.61. The molecule has 3 aromatic rings. The lowest BCUT2D eigenvalue weighted by molar-refractivity contribution is -0.153. The molecule has 1 aliphatic heterocycles. The molecular weight excluding hydrogens is 490 g/mol. The van der Waals surface area contributed by atoms with Gasteiger partial charge in [-0.3, -0.25) is 14.2 Å². The van der Waals surface area contributed by atoms with E-state index in [1.165, 1.54) is 19.1 Å². The molecule has 1 N–H and O–H groups in total. The Morgan fingerprint density at radius 3 is 2.53 bits per heavy atom. The van der Waals surface area contributed by atoms with Crippen LogP contribution in [0.1, 0.15) is 37.0 Å². The molecule has 0 bridgehead atoms. The van der Waals surface area contributed by atoms with Crippen LogP contribution >= 0.6 is 0 Å². The average Bonchev–Trinajstić information content (AvgIpc) is 3.14. The molecule has 0 spiro atoms. The lowest BCUT2D eigenvalue weighted by atomic mass is 10.1. The molecule has 2 aromatic heterocycles. The van der Waals surface area contributed by atoms with Crippen molar-refractivity contribution in [3.63, 3.8) is 0 Å². The van der Waals surface area contributed by atoms with Crippen LogP contribution in [0.15, 0.2) is 41.3 Å². The summed E-state index contributed by atoms with van der Waals surface area (Å²) in [4.78, 5) is 32.0. The molecule has 3 atom stereocenters. The fourth-order valence-corrected chi connectivity index (χ4v) is 4.31. The van der Waals surface area contributed by atoms with Crippen LogP contribution in [0.3, 0.4) is 0 Å². The van der Waals surface area contributed by atoms with Gasteiger partial charge >= 0.3 is 6.18 Å². The van der Waals surface area contributed by atoms with Crippen molar-refractivity contribution < 1.29 is 31.1 Å². The summed E-state index contributed by atoms with van der Waals surface area (Å²) in [6.45, 7) is 3.05. The zero-order valence-electron chi connectivity index (χ0n) is 19.2. The van der Waals surface area contributed by atoms with E-state index in [1.807, 2.05) is 0 Å². The maximum atomic E-state index is 14.8. The predicted molar refractivity (Wildman–Crippen MR) is 121 cm³/mol. The summed E-state index contributed by atoms with van der Waals surface area (Å²) in [6.07, 6.45) is -5.18. The number of hydrogen-bond acceptors (Lipinski definition) is 4. The van der Waals surface area contributed by atoms with E-state index in [0.717, 1.165) is 22.9 Å². The molecule has 1 aromatic carbocycles. The molecule has 6 nitrogen and oxygen atoms in total. The Bertz CT molecular complexity index is 1370. The SMILES string of the molecule is CC[C@@H](NC(=O)c1cn(-c2ccc(F)cc2F)c2nc(N3CC(F)CC3C)ccc2c1=O)C(F)(F)F. The van der Waals surface area contributed by atoms with E-state index < -0.39 is 53.3 Å². The van der Waals surface area contributed by atoms with Crippen LogP contribution in [0.25, 0.3) is 16.7 Å². The second-order valence-corrected chi connectivity index (χ2v) is 8.69. The number of anilines is 1. The Balaban J connectivity index is 1.92. The maximum absolute atomic E-state index is 14.8. The quantitative estimate of drug-likeness (QED) is 0.505. The average molecular weight is 512 g/mol. The lowest BCUT2D eigenvalue weighted by Crippen LogP contribution is -2.46. The lowest BCUT2D eigenvalue weighted by Gasteiger charge is -2.23. The maximum Gasteiger partial charge on any atom is 0.408 e. The molecule has 1 amide bonds. The zero-order chi connectivity index (χ0) is 26.4. The largest absolute Gasteiger partial charge is 0.408 e. The molecule has 2 unspecified atom stereocenters. The number of hydrogen-bond donors (Lipinski definition) is 1.